The summed E-state index contributed by atoms with van der Waals surface area (Å²) >= 11 is 0. The fourth-order valence-electron chi connectivity index (χ4n) is 7.31. The van der Waals surface area contributed by atoms with E-state index < -0.39 is 12.2 Å². The number of aliphatic hydroxyl groups excluding tert-OH is 2. The van der Waals surface area contributed by atoms with Crippen LogP contribution < -0.4 is 0 Å². The van der Waals surface area contributed by atoms with Gasteiger partial charge in [-0.05, 0) is 85.9 Å². The Morgan fingerprint density at radius 3 is 2.38 bits per heavy atom. The number of rotatable bonds is 0. The van der Waals surface area contributed by atoms with E-state index in [1.54, 1.807) is 0 Å². The fourth-order valence-corrected chi connectivity index (χ4v) is 7.31. The van der Waals surface area contributed by atoms with Gasteiger partial charge in [0.15, 0.2) is 0 Å². The molecule has 2 nitrogen and oxygen atoms in total. The summed E-state index contributed by atoms with van der Waals surface area (Å²) in [6.45, 7) is 5.00. The summed E-state index contributed by atoms with van der Waals surface area (Å²) in [7, 11) is 0. The number of hydrogen-bond donors (Lipinski definition) is 2. The van der Waals surface area contributed by atoms with Crippen molar-refractivity contribution in [1.82, 2.24) is 0 Å². The first kappa shape index (κ1) is 14.5. The molecule has 4 aliphatic carbocycles. The van der Waals surface area contributed by atoms with Gasteiger partial charge >= 0.3 is 0 Å². The first-order valence-electron chi connectivity index (χ1n) is 9.32. The van der Waals surface area contributed by atoms with Gasteiger partial charge in [-0.1, -0.05) is 20.3 Å². The Hall–Kier alpha value is -0.0800. The lowest BCUT2D eigenvalue weighted by Gasteiger charge is -2.61. The van der Waals surface area contributed by atoms with E-state index in [4.69, 9.17) is 0 Å². The third-order valence-electron chi connectivity index (χ3n) is 8.51. The van der Waals surface area contributed by atoms with Gasteiger partial charge in [-0.25, -0.2) is 0 Å². The van der Waals surface area contributed by atoms with Gasteiger partial charge in [-0.2, -0.15) is 0 Å². The zero-order valence-electron chi connectivity index (χ0n) is 13.7. The summed E-state index contributed by atoms with van der Waals surface area (Å²) in [6.07, 6.45) is 10.5. The number of hydrogen-bond acceptors (Lipinski definition) is 2. The van der Waals surface area contributed by atoms with Gasteiger partial charge in [0.05, 0.1) is 12.2 Å². The molecule has 21 heavy (non-hydrogen) atoms. The topological polar surface area (TPSA) is 40.5 Å². The van der Waals surface area contributed by atoms with Crippen molar-refractivity contribution in [3.63, 3.8) is 0 Å². The third-order valence-corrected chi connectivity index (χ3v) is 8.51. The third kappa shape index (κ3) is 1.91. The van der Waals surface area contributed by atoms with Crippen molar-refractivity contribution in [3.8, 4) is 0 Å². The molecule has 4 saturated carbocycles. The van der Waals surface area contributed by atoms with Crippen molar-refractivity contribution in [2.45, 2.75) is 83.8 Å². The average molecular weight is 292 g/mol. The molecule has 0 aromatic rings. The number of fused-ring (bicyclic) bond motifs is 5. The van der Waals surface area contributed by atoms with Gasteiger partial charge in [0.2, 0.25) is 0 Å². The second-order valence-electron chi connectivity index (χ2n) is 9.25. The van der Waals surface area contributed by atoms with E-state index in [1.165, 1.54) is 38.5 Å². The molecule has 0 aromatic carbocycles. The molecule has 4 aliphatic rings. The molecule has 0 saturated heterocycles. The maximum Gasteiger partial charge on any atom is 0.0832 e. The average Bonchev–Trinajstić information content (AvgIpc) is 2.85. The SMILES string of the molecule is CC12CCCC1C1CC[C@H]3[C@H](O)C(O)CCC3(C)C1CC2. The molecule has 8 atom stereocenters. The summed E-state index contributed by atoms with van der Waals surface area (Å²) in [4.78, 5) is 0. The van der Waals surface area contributed by atoms with Crippen LogP contribution in [0.3, 0.4) is 0 Å². The van der Waals surface area contributed by atoms with Crippen LogP contribution in [0.5, 0.6) is 0 Å². The Kier molecular flexibility index (Phi) is 3.25. The highest BCUT2D eigenvalue weighted by molar-refractivity contribution is 5.09. The maximum absolute atomic E-state index is 10.5. The normalized spacial score (nSPS) is 60.0. The molecule has 0 aliphatic heterocycles. The molecule has 6 unspecified atom stereocenters. The van der Waals surface area contributed by atoms with E-state index >= 15 is 0 Å². The Labute approximate surface area is 129 Å². The molecule has 0 spiro atoms. The standard InChI is InChI=1S/C19H32O2/c1-18-9-3-4-13(18)12-5-6-15-17(21)16(20)8-11-19(15,2)14(12)7-10-18/h12-17,20-21H,3-11H2,1-2H3/t12?,13?,14?,15-,16?,17-,18?,19?/m0/s1. The predicted octanol–water partition coefficient (Wildman–Crippen LogP) is 3.75. The zero-order chi connectivity index (χ0) is 14.8. The molecule has 0 aromatic heterocycles. The lowest BCUT2D eigenvalue weighted by Crippen LogP contribution is -2.57. The largest absolute Gasteiger partial charge is 0.390 e. The Bertz CT molecular complexity index is 422. The molecule has 2 heteroatoms. The molecule has 0 amide bonds. The minimum absolute atomic E-state index is 0.283. The zero-order valence-corrected chi connectivity index (χ0v) is 13.7. The van der Waals surface area contributed by atoms with Crippen molar-refractivity contribution in [3.05, 3.63) is 0 Å². The summed E-state index contributed by atoms with van der Waals surface area (Å²) < 4.78 is 0. The highest BCUT2D eigenvalue weighted by atomic mass is 16.3. The van der Waals surface area contributed by atoms with E-state index in [-0.39, 0.29) is 5.41 Å². The quantitative estimate of drug-likeness (QED) is 0.714. The summed E-state index contributed by atoms with van der Waals surface area (Å²) in [6, 6.07) is 0. The van der Waals surface area contributed by atoms with Crippen LogP contribution in [-0.2, 0) is 0 Å². The van der Waals surface area contributed by atoms with Gasteiger partial charge in [0, 0.05) is 0 Å². The van der Waals surface area contributed by atoms with Gasteiger partial charge in [-0.3, -0.25) is 0 Å². The van der Waals surface area contributed by atoms with Crippen molar-refractivity contribution in [2.24, 2.45) is 34.5 Å². The molecule has 0 radical (unpaired) electrons. The first-order chi connectivity index (χ1) is 9.96. The van der Waals surface area contributed by atoms with Crippen LogP contribution in [-0.4, -0.2) is 22.4 Å². The Balaban J connectivity index is 1.64. The van der Waals surface area contributed by atoms with Gasteiger partial charge < -0.3 is 10.2 Å². The van der Waals surface area contributed by atoms with E-state index in [1.807, 2.05) is 0 Å². The minimum Gasteiger partial charge on any atom is -0.390 e. The van der Waals surface area contributed by atoms with E-state index in [9.17, 15) is 10.2 Å². The summed E-state index contributed by atoms with van der Waals surface area (Å²) in [5, 5.41) is 20.6. The van der Waals surface area contributed by atoms with Crippen LogP contribution in [0.4, 0.5) is 0 Å². The van der Waals surface area contributed by atoms with Crippen molar-refractivity contribution >= 4 is 0 Å². The molecule has 4 fully saturated rings. The monoisotopic (exact) mass is 292 g/mol. The molecular weight excluding hydrogens is 260 g/mol. The molecule has 0 bridgehead atoms. The van der Waals surface area contributed by atoms with Crippen molar-refractivity contribution in [1.29, 1.82) is 0 Å². The molecule has 4 rings (SSSR count). The highest BCUT2D eigenvalue weighted by Gasteiger charge is 2.59. The molecule has 0 heterocycles. The van der Waals surface area contributed by atoms with E-state index in [0.717, 1.165) is 37.0 Å². The maximum atomic E-state index is 10.5. The van der Waals surface area contributed by atoms with Crippen LogP contribution in [0.2, 0.25) is 0 Å². The fraction of sp³-hybridized carbons (Fsp3) is 1.00. The first-order valence-corrected chi connectivity index (χ1v) is 9.32. The minimum atomic E-state index is -0.472. The van der Waals surface area contributed by atoms with Gasteiger partial charge in [0.1, 0.15) is 0 Å². The second-order valence-corrected chi connectivity index (χ2v) is 9.25. The summed E-state index contributed by atoms with van der Waals surface area (Å²) in [5.41, 5.74) is 0.905. The molecular formula is C19H32O2. The summed E-state index contributed by atoms with van der Waals surface area (Å²) in [5.74, 6) is 2.98. The smallest absolute Gasteiger partial charge is 0.0832 e. The van der Waals surface area contributed by atoms with Crippen molar-refractivity contribution in [2.75, 3.05) is 0 Å². The van der Waals surface area contributed by atoms with Gasteiger partial charge in [-0.15, -0.1) is 0 Å². The van der Waals surface area contributed by atoms with Crippen LogP contribution >= 0.6 is 0 Å². The van der Waals surface area contributed by atoms with E-state index in [2.05, 4.69) is 13.8 Å². The van der Waals surface area contributed by atoms with Gasteiger partial charge in [0.25, 0.3) is 0 Å². The lowest BCUT2D eigenvalue weighted by molar-refractivity contribution is -0.171. The Morgan fingerprint density at radius 1 is 0.762 bits per heavy atom. The Morgan fingerprint density at radius 2 is 1.57 bits per heavy atom. The van der Waals surface area contributed by atoms with Crippen LogP contribution in [0.25, 0.3) is 0 Å². The number of aliphatic hydroxyl groups is 2. The van der Waals surface area contributed by atoms with Crippen molar-refractivity contribution < 1.29 is 10.2 Å². The second kappa shape index (κ2) is 4.71. The molecule has 2 N–H and O–H groups in total. The van der Waals surface area contributed by atoms with Crippen LogP contribution in [0, 0.1) is 34.5 Å². The van der Waals surface area contributed by atoms with Crippen LogP contribution in [0.1, 0.15) is 71.6 Å². The van der Waals surface area contributed by atoms with Crippen LogP contribution in [0.15, 0.2) is 0 Å². The predicted molar refractivity (Wildman–Crippen MR) is 83.7 cm³/mol. The molecule has 120 valence electrons. The highest BCUT2D eigenvalue weighted by Crippen LogP contribution is 2.66. The van der Waals surface area contributed by atoms with E-state index in [0.29, 0.717) is 11.3 Å². The lowest BCUT2D eigenvalue weighted by atomic mass is 9.45.